The molecule has 0 radical (unpaired) electrons. The second kappa shape index (κ2) is 13.2. The maximum atomic E-state index is 12.0. The smallest absolute Gasteiger partial charge is 0.303 e. The summed E-state index contributed by atoms with van der Waals surface area (Å²) in [6.07, 6.45) is 17.2. The summed E-state index contributed by atoms with van der Waals surface area (Å²) in [6.45, 7) is 2.04. The van der Waals surface area contributed by atoms with Gasteiger partial charge in [-0.2, -0.15) is 0 Å². The number of hydrogen-bond acceptors (Lipinski definition) is 4. The van der Waals surface area contributed by atoms with Gasteiger partial charge in [0.1, 0.15) is 5.78 Å². The fourth-order valence-electron chi connectivity index (χ4n) is 3.10. The predicted octanol–water partition coefficient (Wildman–Crippen LogP) is 3.58. The van der Waals surface area contributed by atoms with Crippen LogP contribution in [0.2, 0.25) is 0 Å². The molecule has 0 bridgehead atoms. The van der Waals surface area contributed by atoms with Crippen molar-refractivity contribution >= 4 is 11.8 Å². The highest BCUT2D eigenvalue weighted by atomic mass is 16.4. The number of carboxylic acid groups (broad SMARTS) is 1. The lowest BCUT2D eigenvalue weighted by Crippen LogP contribution is -2.18. The maximum Gasteiger partial charge on any atom is 0.303 e. The standard InChI is InChI=1S/C22H32O5/c1-2-3-8-12-18-19(21(25)16-20(18)24)15-14-17(23)11-9-6-4-5-7-10-13-22(26)27/h3,5-9,14-15,17-19,21,23,25H,2,4,10-13,16H2,1H3,(H,26,27)/b7-5-,8-3-,9-6-,15-14+/t17-,18-,19-,21-/m0/s1. The number of carbonyl (C=O) groups is 2. The van der Waals surface area contributed by atoms with Crippen LogP contribution in [0.3, 0.4) is 0 Å². The van der Waals surface area contributed by atoms with Crippen molar-refractivity contribution in [1.82, 2.24) is 0 Å². The predicted molar refractivity (Wildman–Crippen MR) is 106 cm³/mol. The molecule has 0 spiro atoms. The molecule has 5 heteroatoms. The highest BCUT2D eigenvalue weighted by molar-refractivity contribution is 5.84. The Labute approximate surface area is 161 Å². The molecule has 0 amide bonds. The van der Waals surface area contributed by atoms with E-state index in [4.69, 9.17) is 5.11 Å². The van der Waals surface area contributed by atoms with Crippen LogP contribution in [-0.2, 0) is 9.59 Å². The van der Waals surface area contributed by atoms with Gasteiger partial charge in [-0.05, 0) is 32.1 Å². The Morgan fingerprint density at radius 2 is 1.93 bits per heavy atom. The van der Waals surface area contributed by atoms with Gasteiger partial charge in [0.2, 0.25) is 0 Å². The van der Waals surface area contributed by atoms with Crippen molar-refractivity contribution in [2.24, 2.45) is 11.8 Å². The molecule has 1 aliphatic rings. The van der Waals surface area contributed by atoms with Gasteiger partial charge >= 0.3 is 5.97 Å². The molecule has 0 aromatic rings. The van der Waals surface area contributed by atoms with Gasteiger partial charge in [-0.3, -0.25) is 9.59 Å². The van der Waals surface area contributed by atoms with Crippen LogP contribution in [0, 0.1) is 11.8 Å². The number of hydrogen-bond donors (Lipinski definition) is 3. The van der Waals surface area contributed by atoms with Gasteiger partial charge < -0.3 is 15.3 Å². The van der Waals surface area contributed by atoms with E-state index in [1.54, 1.807) is 12.2 Å². The van der Waals surface area contributed by atoms with Crippen molar-refractivity contribution in [2.45, 2.75) is 64.1 Å². The monoisotopic (exact) mass is 376 g/mol. The Balaban J connectivity index is 2.40. The summed E-state index contributed by atoms with van der Waals surface area (Å²) in [5.41, 5.74) is 0. The van der Waals surface area contributed by atoms with Gasteiger partial charge in [0.15, 0.2) is 0 Å². The second-order valence-corrected chi connectivity index (χ2v) is 6.84. The first kappa shape index (κ1) is 23.1. The molecule has 0 aromatic heterocycles. The molecule has 1 aliphatic carbocycles. The molecule has 3 N–H and O–H groups in total. The third-order valence-corrected chi connectivity index (χ3v) is 4.59. The van der Waals surface area contributed by atoms with E-state index in [9.17, 15) is 19.8 Å². The van der Waals surface area contributed by atoms with Crippen LogP contribution in [0.25, 0.3) is 0 Å². The SMILES string of the molecule is CC/C=C\C[C@@H]1C(=O)C[C@H](O)[C@H]1/C=C/[C@@H](O)C/C=C\C/C=C\CCC(=O)O. The Kier molecular flexibility index (Phi) is 11.3. The summed E-state index contributed by atoms with van der Waals surface area (Å²) < 4.78 is 0. The Morgan fingerprint density at radius 3 is 2.63 bits per heavy atom. The first-order chi connectivity index (χ1) is 13.0. The molecular weight excluding hydrogens is 344 g/mol. The Morgan fingerprint density at radius 1 is 1.19 bits per heavy atom. The fraction of sp³-hybridized carbons (Fsp3) is 0.545. The minimum absolute atomic E-state index is 0.0852. The average Bonchev–Trinajstić information content (AvgIpc) is 2.88. The molecule has 150 valence electrons. The zero-order chi connectivity index (χ0) is 20.1. The number of carbonyl (C=O) groups excluding carboxylic acids is 1. The number of ketones is 1. The molecule has 4 atom stereocenters. The van der Waals surface area contributed by atoms with Gasteiger partial charge in [0, 0.05) is 24.7 Å². The van der Waals surface area contributed by atoms with Gasteiger partial charge in [-0.25, -0.2) is 0 Å². The van der Waals surface area contributed by atoms with Crippen molar-refractivity contribution in [3.63, 3.8) is 0 Å². The lowest BCUT2D eigenvalue weighted by Gasteiger charge is -2.16. The van der Waals surface area contributed by atoms with Gasteiger partial charge in [0.05, 0.1) is 12.2 Å². The quantitative estimate of drug-likeness (QED) is 0.453. The number of allylic oxidation sites excluding steroid dienone is 5. The minimum atomic E-state index is -0.803. The Bertz CT molecular complexity index is 573. The van der Waals surface area contributed by atoms with Crippen molar-refractivity contribution in [2.75, 3.05) is 0 Å². The number of carboxylic acids is 1. The molecule has 1 saturated carbocycles. The van der Waals surface area contributed by atoms with E-state index in [1.807, 2.05) is 43.4 Å². The molecule has 1 rings (SSSR count). The lowest BCUT2D eigenvalue weighted by atomic mass is 9.90. The third kappa shape index (κ3) is 9.50. The summed E-state index contributed by atoms with van der Waals surface area (Å²) in [5, 5.41) is 28.7. The first-order valence-electron chi connectivity index (χ1n) is 9.69. The van der Waals surface area contributed by atoms with E-state index in [-0.39, 0.29) is 30.5 Å². The molecule has 0 saturated heterocycles. The lowest BCUT2D eigenvalue weighted by molar-refractivity contribution is -0.136. The number of aliphatic carboxylic acids is 1. The summed E-state index contributed by atoms with van der Waals surface area (Å²) in [7, 11) is 0. The van der Waals surface area contributed by atoms with Crippen LogP contribution in [-0.4, -0.2) is 39.3 Å². The largest absolute Gasteiger partial charge is 0.481 e. The van der Waals surface area contributed by atoms with Gasteiger partial charge in [-0.15, -0.1) is 0 Å². The summed E-state index contributed by atoms with van der Waals surface area (Å²) in [6, 6.07) is 0. The van der Waals surface area contributed by atoms with Crippen molar-refractivity contribution in [1.29, 1.82) is 0 Å². The van der Waals surface area contributed by atoms with Crippen LogP contribution in [0.15, 0.2) is 48.6 Å². The van der Waals surface area contributed by atoms with Crippen molar-refractivity contribution in [3.05, 3.63) is 48.6 Å². The fourth-order valence-corrected chi connectivity index (χ4v) is 3.10. The number of rotatable bonds is 12. The maximum absolute atomic E-state index is 12.0. The minimum Gasteiger partial charge on any atom is -0.481 e. The van der Waals surface area contributed by atoms with Gasteiger partial charge in [-0.1, -0.05) is 55.5 Å². The van der Waals surface area contributed by atoms with Crippen molar-refractivity contribution in [3.8, 4) is 0 Å². The van der Waals surface area contributed by atoms with E-state index in [0.29, 0.717) is 25.7 Å². The highest BCUT2D eigenvalue weighted by Crippen LogP contribution is 2.33. The number of aliphatic hydroxyl groups is 2. The summed E-state index contributed by atoms with van der Waals surface area (Å²) >= 11 is 0. The van der Waals surface area contributed by atoms with E-state index in [1.165, 1.54) is 0 Å². The second-order valence-electron chi connectivity index (χ2n) is 6.84. The van der Waals surface area contributed by atoms with E-state index >= 15 is 0 Å². The molecule has 0 heterocycles. The molecule has 27 heavy (non-hydrogen) atoms. The van der Waals surface area contributed by atoms with E-state index in [0.717, 1.165) is 6.42 Å². The van der Waals surface area contributed by atoms with Gasteiger partial charge in [0.25, 0.3) is 0 Å². The van der Waals surface area contributed by atoms with Crippen LogP contribution in [0.1, 0.15) is 51.9 Å². The average molecular weight is 376 g/mol. The molecule has 0 unspecified atom stereocenters. The molecule has 0 aromatic carbocycles. The zero-order valence-electron chi connectivity index (χ0n) is 16.0. The third-order valence-electron chi connectivity index (χ3n) is 4.59. The van der Waals surface area contributed by atoms with E-state index in [2.05, 4.69) is 0 Å². The van der Waals surface area contributed by atoms with Crippen molar-refractivity contribution < 1.29 is 24.9 Å². The number of Topliss-reactive ketones (excluding diaryl/α,β-unsaturated/α-hetero) is 1. The molecule has 5 nitrogen and oxygen atoms in total. The molecule has 0 aliphatic heterocycles. The zero-order valence-corrected chi connectivity index (χ0v) is 16.0. The van der Waals surface area contributed by atoms with Crippen LogP contribution in [0.4, 0.5) is 0 Å². The van der Waals surface area contributed by atoms with Crippen LogP contribution >= 0.6 is 0 Å². The first-order valence-corrected chi connectivity index (χ1v) is 9.69. The molecule has 1 fully saturated rings. The summed E-state index contributed by atoms with van der Waals surface area (Å²) in [4.78, 5) is 22.4. The topological polar surface area (TPSA) is 94.8 Å². The van der Waals surface area contributed by atoms with Crippen LogP contribution in [0.5, 0.6) is 0 Å². The normalized spacial score (nSPS) is 24.9. The summed E-state index contributed by atoms with van der Waals surface area (Å²) in [5.74, 6) is -1.17. The molecular formula is C22H32O5. The number of aliphatic hydroxyl groups excluding tert-OH is 2. The van der Waals surface area contributed by atoms with Crippen LogP contribution < -0.4 is 0 Å². The van der Waals surface area contributed by atoms with E-state index < -0.39 is 18.2 Å². The highest BCUT2D eigenvalue weighted by Gasteiger charge is 2.39. The Hall–Kier alpha value is -1.98.